The quantitative estimate of drug-likeness (QED) is 0.178. The number of hydrogen-bond acceptors (Lipinski definition) is 7. The maximum atomic E-state index is 13.0. The number of carbonyl (C=O) groups excluding carboxylic acids is 2. The van der Waals surface area contributed by atoms with Crippen LogP contribution >= 0.6 is 0 Å². The second-order valence-electron chi connectivity index (χ2n) is 9.12. The van der Waals surface area contributed by atoms with E-state index in [4.69, 9.17) is 22.4 Å². The third-order valence-electron chi connectivity index (χ3n) is 7.54. The van der Waals surface area contributed by atoms with Crippen LogP contribution in [0.3, 0.4) is 0 Å². The van der Waals surface area contributed by atoms with Gasteiger partial charge in [0.1, 0.15) is 0 Å². The average Bonchev–Trinajstić information content (AvgIpc) is 2.73. The first-order valence-electron chi connectivity index (χ1n) is 12.1. The predicted molar refractivity (Wildman–Crippen MR) is 124 cm³/mol. The average molecular weight is 471 g/mol. The van der Waals surface area contributed by atoms with E-state index in [9.17, 15) is 9.59 Å². The molecule has 0 unspecified atom stereocenters. The normalized spacial score (nSPS) is 30.8. The number of esters is 1. The molecule has 2 aliphatic carbocycles. The van der Waals surface area contributed by atoms with Crippen LogP contribution < -0.4 is 0 Å². The van der Waals surface area contributed by atoms with Crippen molar-refractivity contribution in [3.8, 4) is 0 Å². The molecule has 0 aromatic carbocycles. The standard InChI is InChI=1S/C24H42O7Si/c1-8-28-32(29-9-2,30-10-3)31-22-13-12-18(4)23(7)16-14-21(26)19(5)24(22,23)15-11-17-27-20(6)25/h18,22H,5,8-17H2,1-4,6-7H3/t18-,22+,23+,24-/m0/s1. The highest BCUT2D eigenvalue weighted by Gasteiger charge is 2.64. The Bertz CT molecular complexity index is 664. The maximum Gasteiger partial charge on any atom is 0.679 e. The summed E-state index contributed by atoms with van der Waals surface area (Å²) in [5.74, 6) is 0.182. The van der Waals surface area contributed by atoms with Crippen molar-refractivity contribution in [3.63, 3.8) is 0 Å². The Balaban J connectivity index is 2.50. The first-order chi connectivity index (χ1) is 15.1. The van der Waals surface area contributed by atoms with Gasteiger partial charge < -0.3 is 22.4 Å². The number of ketones is 1. The van der Waals surface area contributed by atoms with Crippen molar-refractivity contribution in [1.82, 2.24) is 0 Å². The first kappa shape index (κ1) is 27.2. The highest BCUT2D eigenvalue weighted by Crippen LogP contribution is 2.65. The fourth-order valence-electron chi connectivity index (χ4n) is 5.81. The molecular formula is C24H42O7Si. The molecule has 4 atom stereocenters. The van der Waals surface area contributed by atoms with E-state index in [0.29, 0.717) is 57.2 Å². The number of fused-ring (bicyclic) bond motifs is 1. The number of carbonyl (C=O) groups is 2. The Kier molecular flexibility index (Phi) is 9.67. The molecule has 8 heteroatoms. The maximum absolute atomic E-state index is 13.0. The summed E-state index contributed by atoms with van der Waals surface area (Å²) in [6.07, 6.45) is 3.97. The molecule has 2 fully saturated rings. The van der Waals surface area contributed by atoms with E-state index in [1.54, 1.807) is 0 Å². The van der Waals surface area contributed by atoms with E-state index >= 15 is 0 Å². The minimum atomic E-state index is -3.42. The van der Waals surface area contributed by atoms with Crippen LogP contribution in [0.25, 0.3) is 0 Å². The number of hydrogen-bond donors (Lipinski definition) is 0. The van der Waals surface area contributed by atoms with Crippen LogP contribution in [0.1, 0.15) is 80.1 Å². The van der Waals surface area contributed by atoms with Crippen molar-refractivity contribution < 1.29 is 32.0 Å². The lowest BCUT2D eigenvalue weighted by atomic mass is 9.43. The first-order valence-corrected chi connectivity index (χ1v) is 13.7. The van der Waals surface area contributed by atoms with Crippen LogP contribution in [0.15, 0.2) is 12.2 Å². The monoisotopic (exact) mass is 470 g/mol. The van der Waals surface area contributed by atoms with Crippen LogP contribution in [-0.4, -0.2) is 53.3 Å². The second kappa shape index (κ2) is 11.4. The van der Waals surface area contributed by atoms with Crippen molar-refractivity contribution in [2.24, 2.45) is 16.7 Å². The summed E-state index contributed by atoms with van der Waals surface area (Å²) < 4.78 is 30.0. The van der Waals surface area contributed by atoms with Crippen molar-refractivity contribution in [3.05, 3.63) is 12.2 Å². The lowest BCUT2D eigenvalue weighted by Crippen LogP contribution is -2.64. The summed E-state index contributed by atoms with van der Waals surface area (Å²) in [6, 6.07) is 0. The SMILES string of the molecule is C=C1C(=O)CC[C@]2(C)[C@@H](C)CC[C@@H](O[Si](OCC)(OCC)OCC)[C@]12CCCOC(C)=O. The van der Waals surface area contributed by atoms with E-state index in [2.05, 4.69) is 20.4 Å². The lowest BCUT2D eigenvalue weighted by Gasteiger charge is -2.62. The van der Waals surface area contributed by atoms with E-state index in [1.807, 2.05) is 20.8 Å². The van der Waals surface area contributed by atoms with Gasteiger partial charge in [-0.25, -0.2) is 0 Å². The van der Waals surface area contributed by atoms with Gasteiger partial charge in [0.15, 0.2) is 5.78 Å². The lowest BCUT2D eigenvalue weighted by molar-refractivity contribution is -0.166. The van der Waals surface area contributed by atoms with Crippen molar-refractivity contribution in [2.75, 3.05) is 26.4 Å². The highest BCUT2D eigenvalue weighted by molar-refractivity contribution is 6.53. The number of rotatable bonds is 12. The molecule has 0 spiro atoms. The van der Waals surface area contributed by atoms with Crippen molar-refractivity contribution >= 4 is 20.8 Å². The molecule has 2 aliphatic rings. The molecule has 0 bridgehead atoms. The van der Waals surface area contributed by atoms with Gasteiger partial charge in [-0.1, -0.05) is 20.4 Å². The summed E-state index contributed by atoms with van der Waals surface area (Å²) in [6.45, 7) is 17.5. The zero-order valence-corrected chi connectivity index (χ0v) is 21.8. The highest BCUT2D eigenvalue weighted by atomic mass is 28.4. The van der Waals surface area contributed by atoms with E-state index in [-0.39, 0.29) is 23.3 Å². The fourth-order valence-corrected chi connectivity index (χ4v) is 7.99. The smallest absolute Gasteiger partial charge is 0.466 e. The fraction of sp³-hybridized carbons (Fsp3) is 0.833. The largest absolute Gasteiger partial charge is 0.679 e. The molecule has 0 saturated heterocycles. The number of Topliss-reactive ketones (excluding diaryl/α,β-unsaturated/α-hetero) is 1. The molecule has 32 heavy (non-hydrogen) atoms. The Morgan fingerprint density at radius 2 is 1.72 bits per heavy atom. The summed E-state index contributed by atoms with van der Waals surface area (Å²) in [4.78, 5) is 24.3. The molecule has 0 heterocycles. The topological polar surface area (TPSA) is 80.3 Å². The van der Waals surface area contributed by atoms with Crippen LogP contribution in [0.4, 0.5) is 0 Å². The molecule has 0 aromatic heterocycles. The third kappa shape index (κ3) is 5.19. The Morgan fingerprint density at radius 3 is 2.25 bits per heavy atom. The van der Waals surface area contributed by atoms with Gasteiger partial charge in [0, 0.05) is 38.6 Å². The molecule has 0 radical (unpaired) electrons. The van der Waals surface area contributed by atoms with Gasteiger partial charge in [0.05, 0.1) is 12.7 Å². The molecule has 184 valence electrons. The Labute approximate surface area is 194 Å². The van der Waals surface area contributed by atoms with Crippen LogP contribution in [0, 0.1) is 16.7 Å². The van der Waals surface area contributed by atoms with Gasteiger partial charge in [-0.3, -0.25) is 9.59 Å². The Morgan fingerprint density at radius 1 is 1.12 bits per heavy atom. The van der Waals surface area contributed by atoms with Gasteiger partial charge in [-0.15, -0.1) is 0 Å². The molecule has 0 aromatic rings. The number of ether oxygens (including phenoxy) is 1. The zero-order valence-electron chi connectivity index (χ0n) is 20.8. The van der Waals surface area contributed by atoms with E-state index in [0.717, 1.165) is 19.3 Å². The minimum Gasteiger partial charge on any atom is -0.466 e. The summed E-state index contributed by atoms with van der Waals surface area (Å²) in [5.41, 5.74) is -0.149. The van der Waals surface area contributed by atoms with Gasteiger partial charge in [0.25, 0.3) is 0 Å². The van der Waals surface area contributed by atoms with Crippen molar-refractivity contribution in [1.29, 1.82) is 0 Å². The third-order valence-corrected chi connectivity index (χ3v) is 10.0. The van der Waals surface area contributed by atoms with Crippen molar-refractivity contribution in [2.45, 2.75) is 86.2 Å². The minimum absolute atomic E-state index is 0.0918. The molecule has 2 rings (SSSR count). The molecule has 0 aliphatic heterocycles. The van der Waals surface area contributed by atoms with E-state index in [1.165, 1.54) is 6.92 Å². The van der Waals surface area contributed by atoms with Gasteiger partial charge in [-0.2, -0.15) is 0 Å². The van der Waals surface area contributed by atoms with Gasteiger partial charge >= 0.3 is 15.0 Å². The Hall–Kier alpha value is -1.06. The van der Waals surface area contributed by atoms with Crippen LogP contribution in [0.5, 0.6) is 0 Å². The molecular weight excluding hydrogens is 428 g/mol. The zero-order chi connectivity index (χ0) is 24.0. The summed E-state index contributed by atoms with van der Waals surface area (Å²) in [7, 11) is -3.42. The molecule has 0 amide bonds. The summed E-state index contributed by atoms with van der Waals surface area (Å²) >= 11 is 0. The predicted octanol–water partition coefficient (Wildman–Crippen LogP) is 4.60. The molecule has 7 nitrogen and oxygen atoms in total. The van der Waals surface area contributed by atoms with E-state index < -0.39 is 14.5 Å². The summed E-state index contributed by atoms with van der Waals surface area (Å²) in [5, 5.41) is 0. The van der Waals surface area contributed by atoms with Gasteiger partial charge in [-0.05, 0) is 69.8 Å². The molecule has 0 N–H and O–H groups in total. The van der Waals surface area contributed by atoms with Crippen LogP contribution in [0.2, 0.25) is 0 Å². The second-order valence-corrected chi connectivity index (χ2v) is 11.2. The van der Waals surface area contributed by atoms with Gasteiger partial charge in [0.2, 0.25) is 0 Å². The van der Waals surface area contributed by atoms with Crippen LogP contribution in [-0.2, 0) is 32.0 Å². The molecule has 2 saturated carbocycles.